The molecule has 0 aliphatic carbocycles. The molecule has 6 rings (SSSR count). The van der Waals surface area contributed by atoms with Crippen LogP contribution in [0.2, 0.25) is 5.02 Å². The molecule has 1 aliphatic heterocycles. The Morgan fingerprint density at radius 1 is 1.00 bits per heavy atom. The van der Waals surface area contributed by atoms with Gasteiger partial charge in [0.15, 0.2) is 0 Å². The second-order valence-electron chi connectivity index (χ2n) is 9.66. The maximum Gasteiger partial charge on any atom is 0.323 e. The Bertz CT molecular complexity index is 1670. The Hall–Kier alpha value is -4.49. The minimum absolute atomic E-state index is 0.263. The number of urea groups is 1. The molecule has 0 spiro atoms. The van der Waals surface area contributed by atoms with Crippen molar-refractivity contribution in [2.24, 2.45) is 0 Å². The highest BCUT2D eigenvalue weighted by Gasteiger charge is 2.36. The summed E-state index contributed by atoms with van der Waals surface area (Å²) in [5, 5.41) is 8.46. The molecule has 1 aliphatic rings. The number of ether oxygens (including phenoxy) is 1. The molecule has 2 amide bonds. The number of para-hydroxylation sites is 1. The van der Waals surface area contributed by atoms with Crippen LogP contribution in [0.25, 0.3) is 11.5 Å². The lowest BCUT2D eigenvalue weighted by atomic mass is 10.0. The molecule has 0 saturated heterocycles. The van der Waals surface area contributed by atoms with Crippen LogP contribution in [0.3, 0.4) is 0 Å². The molecule has 2 aromatic heterocycles. The number of carbonyl (C=O) groups is 1. The number of fused-ring (bicyclic) bond motifs is 3. The van der Waals surface area contributed by atoms with E-state index >= 15 is 0 Å². The number of aryl methyl sites for hydroxylation is 2. The maximum absolute atomic E-state index is 14.1. The molecule has 3 heterocycles. The predicted octanol–water partition coefficient (Wildman–Crippen LogP) is 7.08. The normalized spacial score (nSPS) is 14.4. The Morgan fingerprint density at radius 2 is 1.82 bits per heavy atom. The van der Waals surface area contributed by atoms with Gasteiger partial charge in [-0.05, 0) is 73.5 Å². The highest BCUT2D eigenvalue weighted by atomic mass is 35.5. The Morgan fingerprint density at radius 3 is 2.59 bits per heavy atom. The zero-order valence-electron chi connectivity index (χ0n) is 21.9. The van der Waals surface area contributed by atoms with Crippen LogP contribution >= 0.6 is 11.6 Å². The number of amides is 2. The number of hydrogen-bond acceptors (Lipinski definition) is 3. The lowest BCUT2D eigenvalue weighted by Crippen LogP contribution is -2.38. The number of methoxy groups -OCH3 is 1. The van der Waals surface area contributed by atoms with Crippen molar-refractivity contribution in [2.45, 2.75) is 26.4 Å². The van der Waals surface area contributed by atoms with E-state index in [2.05, 4.69) is 16.0 Å². The maximum atomic E-state index is 14.1. The van der Waals surface area contributed by atoms with Gasteiger partial charge < -0.3 is 19.5 Å². The monoisotopic (exact) mass is 537 g/mol. The number of benzene rings is 3. The number of anilines is 1. The lowest BCUT2D eigenvalue weighted by Gasteiger charge is -2.31. The first-order valence-corrected chi connectivity index (χ1v) is 13.1. The number of carbonyl (C=O) groups excluding carboxylic acids is 1. The van der Waals surface area contributed by atoms with E-state index in [9.17, 15) is 4.79 Å². The summed E-state index contributed by atoms with van der Waals surface area (Å²) in [6.45, 7) is 4.29. The van der Waals surface area contributed by atoms with E-state index in [1.54, 1.807) is 7.11 Å². The minimum Gasteiger partial charge on any atom is -0.497 e. The van der Waals surface area contributed by atoms with Gasteiger partial charge in [-0.2, -0.15) is 5.10 Å². The summed E-state index contributed by atoms with van der Waals surface area (Å²) >= 11 is 6.51. The van der Waals surface area contributed by atoms with Crippen molar-refractivity contribution in [3.05, 3.63) is 124 Å². The van der Waals surface area contributed by atoms with Crippen molar-refractivity contribution in [3.63, 3.8) is 0 Å². The van der Waals surface area contributed by atoms with Crippen molar-refractivity contribution in [2.75, 3.05) is 12.4 Å². The fourth-order valence-electron chi connectivity index (χ4n) is 5.22. The van der Waals surface area contributed by atoms with E-state index in [1.807, 2.05) is 108 Å². The lowest BCUT2D eigenvalue weighted by molar-refractivity contribution is 0.194. The second kappa shape index (κ2) is 10.0. The van der Waals surface area contributed by atoms with Crippen LogP contribution in [0.5, 0.6) is 5.75 Å². The van der Waals surface area contributed by atoms with Crippen molar-refractivity contribution >= 4 is 23.3 Å². The van der Waals surface area contributed by atoms with Crippen LogP contribution in [0.4, 0.5) is 10.5 Å². The molecule has 0 saturated carbocycles. The molecule has 3 aromatic carbocycles. The van der Waals surface area contributed by atoms with E-state index in [4.69, 9.17) is 21.4 Å². The Kier molecular flexibility index (Phi) is 6.37. The first kappa shape index (κ1) is 24.8. The molecule has 5 aromatic rings. The molecule has 8 heteroatoms. The van der Waals surface area contributed by atoms with Gasteiger partial charge in [0.25, 0.3) is 0 Å². The molecule has 1 N–H and O–H groups in total. The third-order valence-electron chi connectivity index (χ3n) is 7.12. The highest BCUT2D eigenvalue weighted by molar-refractivity contribution is 6.33. The number of nitrogens with one attached hydrogen (secondary N) is 1. The summed E-state index contributed by atoms with van der Waals surface area (Å²) in [5.74, 6) is 1.64. The average Bonchev–Trinajstić information content (AvgIpc) is 3.51. The van der Waals surface area contributed by atoms with Gasteiger partial charge in [-0.25, -0.2) is 9.48 Å². The highest BCUT2D eigenvalue weighted by Crippen LogP contribution is 2.39. The summed E-state index contributed by atoms with van der Waals surface area (Å²) in [6, 6.07) is 26.9. The smallest absolute Gasteiger partial charge is 0.323 e. The SMILES string of the molecule is COc1cccc([C@H]2c3cccn3-c3c(c(C)nn3-c3ccccc3)CN2C(=O)Nc2ccc(C)cc2Cl)c1. The fourth-order valence-corrected chi connectivity index (χ4v) is 5.50. The average molecular weight is 538 g/mol. The quantitative estimate of drug-likeness (QED) is 0.266. The van der Waals surface area contributed by atoms with Crippen LogP contribution in [-0.2, 0) is 6.54 Å². The number of rotatable bonds is 4. The summed E-state index contributed by atoms with van der Waals surface area (Å²) in [4.78, 5) is 16.0. The van der Waals surface area contributed by atoms with Crippen LogP contribution in [-0.4, -0.2) is 32.4 Å². The molecule has 0 bridgehead atoms. The van der Waals surface area contributed by atoms with Gasteiger partial charge in [0.05, 0.1) is 47.5 Å². The first-order valence-electron chi connectivity index (χ1n) is 12.7. The van der Waals surface area contributed by atoms with Crippen molar-refractivity contribution < 1.29 is 9.53 Å². The van der Waals surface area contributed by atoms with Crippen molar-refractivity contribution in [1.29, 1.82) is 0 Å². The van der Waals surface area contributed by atoms with E-state index in [0.717, 1.165) is 45.3 Å². The molecular weight excluding hydrogens is 510 g/mol. The van der Waals surface area contributed by atoms with Gasteiger partial charge in [0.1, 0.15) is 11.6 Å². The molecule has 39 heavy (non-hydrogen) atoms. The summed E-state index contributed by atoms with van der Waals surface area (Å²) in [7, 11) is 1.65. The van der Waals surface area contributed by atoms with E-state index in [1.165, 1.54) is 0 Å². The number of hydrogen-bond donors (Lipinski definition) is 1. The number of nitrogens with zero attached hydrogens (tertiary/aromatic N) is 4. The van der Waals surface area contributed by atoms with Gasteiger partial charge >= 0.3 is 6.03 Å². The summed E-state index contributed by atoms with van der Waals surface area (Å²) in [5.41, 5.74) is 6.22. The van der Waals surface area contributed by atoms with Gasteiger partial charge in [-0.3, -0.25) is 0 Å². The molecule has 0 radical (unpaired) electrons. The molecule has 7 nitrogen and oxygen atoms in total. The van der Waals surface area contributed by atoms with Gasteiger partial charge in [0, 0.05) is 11.8 Å². The second-order valence-corrected chi connectivity index (χ2v) is 10.1. The summed E-state index contributed by atoms with van der Waals surface area (Å²) in [6.07, 6.45) is 2.03. The van der Waals surface area contributed by atoms with E-state index in [0.29, 0.717) is 17.3 Å². The van der Waals surface area contributed by atoms with Crippen molar-refractivity contribution in [1.82, 2.24) is 19.2 Å². The third-order valence-corrected chi connectivity index (χ3v) is 7.44. The first-order chi connectivity index (χ1) is 18.9. The Balaban J connectivity index is 1.54. The van der Waals surface area contributed by atoms with E-state index < -0.39 is 6.04 Å². The molecule has 196 valence electrons. The van der Waals surface area contributed by atoms with Crippen LogP contribution < -0.4 is 10.1 Å². The van der Waals surface area contributed by atoms with E-state index in [-0.39, 0.29) is 6.03 Å². The van der Waals surface area contributed by atoms with Gasteiger partial charge in [0.2, 0.25) is 0 Å². The molecule has 1 atom stereocenters. The topological polar surface area (TPSA) is 64.3 Å². The standard InChI is InChI=1S/C31H28ClN5O2/c1-20-14-15-27(26(32)17-20)33-31(38)36-19-25-21(2)34-37(23-10-5-4-6-11-23)30(25)35-16-8-13-28(35)29(36)22-9-7-12-24(18-22)39-3/h4-18,29H,19H2,1-3H3,(H,33,38)/t29-/m0/s1. The Labute approximate surface area is 232 Å². The zero-order valence-corrected chi connectivity index (χ0v) is 22.7. The fraction of sp³-hybridized carbons (Fsp3) is 0.161. The van der Waals surface area contributed by atoms with Crippen LogP contribution in [0.15, 0.2) is 91.1 Å². The molecule has 0 fully saturated rings. The van der Waals surface area contributed by atoms with Crippen LogP contribution in [0, 0.1) is 13.8 Å². The predicted molar refractivity (Wildman–Crippen MR) is 153 cm³/mol. The van der Waals surface area contributed by atoms with Gasteiger partial charge in [-0.15, -0.1) is 0 Å². The number of aromatic nitrogens is 3. The number of halogens is 1. The third kappa shape index (κ3) is 4.45. The molecule has 0 unspecified atom stereocenters. The summed E-state index contributed by atoms with van der Waals surface area (Å²) < 4.78 is 9.64. The minimum atomic E-state index is -0.407. The van der Waals surface area contributed by atoms with Crippen LogP contribution in [0.1, 0.15) is 34.1 Å². The zero-order chi connectivity index (χ0) is 27.1. The van der Waals surface area contributed by atoms with Crippen molar-refractivity contribution in [3.8, 4) is 17.3 Å². The van der Waals surface area contributed by atoms with Gasteiger partial charge in [-0.1, -0.05) is 48.0 Å². The molecular formula is C31H28ClN5O2. The largest absolute Gasteiger partial charge is 0.497 e.